The molecule has 0 radical (unpaired) electrons. The van der Waals surface area contributed by atoms with Crippen LogP contribution in [-0.4, -0.2) is 61.5 Å². The molecule has 0 spiro atoms. The lowest BCUT2D eigenvalue weighted by Crippen LogP contribution is -2.30. The van der Waals surface area contributed by atoms with Crippen molar-refractivity contribution in [3.63, 3.8) is 0 Å². The fourth-order valence-electron chi connectivity index (χ4n) is 4.24. The van der Waals surface area contributed by atoms with Gasteiger partial charge in [-0.05, 0) is 71.3 Å². The summed E-state index contributed by atoms with van der Waals surface area (Å²) in [7, 11) is 1.56. The van der Waals surface area contributed by atoms with Crippen molar-refractivity contribution in [1.82, 2.24) is 30.2 Å². The lowest BCUT2D eigenvalue weighted by Gasteiger charge is -2.31. The first-order valence-electron chi connectivity index (χ1n) is 11.6. The van der Waals surface area contributed by atoms with Crippen LogP contribution in [0.3, 0.4) is 0 Å². The lowest BCUT2D eigenvalue weighted by molar-refractivity contribution is 0.102. The summed E-state index contributed by atoms with van der Waals surface area (Å²) in [6.07, 6.45) is 4.44. The van der Waals surface area contributed by atoms with Crippen LogP contribution in [-0.2, 0) is 13.0 Å². The number of ether oxygens (including phenoxy) is 1. The van der Waals surface area contributed by atoms with Gasteiger partial charge in [-0.1, -0.05) is 6.07 Å². The molecule has 2 N–H and O–H groups in total. The molecule has 4 aromatic rings. The van der Waals surface area contributed by atoms with Crippen LogP contribution in [0, 0.1) is 0 Å². The number of pyridine rings is 2. The maximum absolute atomic E-state index is 13.3. The van der Waals surface area contributed by atoms with Crippen LogP contribution in [0.15, 0.2) is 54.9 Å². The number of fused-ring (bicyclic) bond motifs is 1. The second-order valence-electron chi connectivity index (χ2n) is 8.54. The zero-order chi connectivity index (χ0) is 25.1. The number of hydrogen-bond acceptors (Lipinski definition) is 9. The molecule has 0 saturated carbocycles. The number of hydrogen-bond donors (Lipinski definition) is 2. The van der Waals surface area contributed by atoms with Gasteiger partial charge in [0, 0.05) is 19.3 Å². The number of methoxy groups -OCH3 is 1. The van der Waals surface area contributed by atoms with Gasteiger partial charge in [-0.15, -0.1) is 5.10 Å². The van der Waals surface area contributed by atoms with Crippen LogP contribution in [0.1, 0.15) is 34.5 Å². The number of anilines is 2. The van der Waals surface area contributed by atoms with E-state index in [1.54, 1.807) is 38.4 Å². The number of aromatic nitrogens is 6. The van der Waals surface area contributed by atoms with Crippen molar-refractivity contribution in [3.05, 3.63) is 71.5 Å². The van der Waals surface area contributed by atoms with E-state index in [1.165, 1.54) is 4.68 Å². The molecule has 184 valence electrons. The first-order valence-corrected chi connectivity index (χ1v) is 11.6. The van der Waals surface area contributed by atoms with Crippen LogP contribution < -0.4 is 15.0 Å². The van der Waals surface area contributed by atoms with Crippen LogP contribution >= 0.6 is 0 Å². The molecule has 0 bridgehead atoms. The van der Waals surface area contributed by atoms with E-state index in [4.69, 9.17) is 4.74 Å². The molecule has 0 saturated heterocycles. The SMILES string of the molecule is COc1cc2c(cc1C(=O)Nc1cccc(-c3nnnn3[C@H](C)CO)n1)CN(c1cccnc1)CC2. The van der Waals surface area contributed by atoms with E-state index in [-0.39, 0.29) is 18.6 Å². The molecule has 0 aliphatic carbocycles. The Balaban J connectivity index is 1.40. The molecule has 11 heteroatoms. The Kier molecular flexibility index (Phi) is 6.54. The van der Waals surface area contributed by atoms with Crippen LogP contribution in [0.4, 0.5) is 11.5 Å². The largest absolute Gasteiger partial charge is 0.496 e. The first-order chi connectivity index (χ1) is 17.6. The zero-order valence-electron chi connectivity index (χ0n) is 20.0. The van der Waals surface area contributed by atoms with Gasteiger partial charge in [0.15, 0.2) is 0 Å². The Morgan fingerprint density at radius 1 is 1.22 bits per heavy atom. The normalized spacial score (nSPS) is 13.7. The Labute approximate surface area is 207 Å². The highest BCUT2D eigenvalue weighted by Gasteiger charge is 2.23. The van der Waals surface area contributed by atoms with Gasteiger partial charge in [0.25, 0.3) is 5.91 Å². The highest BCUT2D eigenvalue weighted by Crippen LogP contribution is 2.30. The molecule has 1 aliphatic heterocycles. The summed E-state index contributed by atoms with van der Waals surface area (Å²) < 4.78 is 7.05. The minimum absolute atomic E-state index is 0.120. The van der Waals surface area contributed by atoms with Crippen molar-refractivity contribution in [3.8, 4) is 17.3 Å². The summed E-state index contributed by atoms with van der Waals surface area (Å²) in [5, 5.41) is 24.0. The summed E-state index contributed by atoms with van der Waals surface area (Å²) in [5.74, 6) is 0.925. The standard InChI is InChI=1S/C25H26N8O3/c1-16(15-34)33-24(29-30-31-33)21-6-3-7-23(27-21)28-25(35)20-11-18-14-32(19-5-4-9-26-13-19)10-8-17(18)12-22(20)36-2/h3-7,9,11-13,16,34H,8,10,14-15H2,1-2H3,(H,27,28,35)/t16-/m1/s1. The topological polar surface area (TPSA) is 131 Å². The molecule has 3 aromatic heterocycles. The number of nitrogens with one attached hydrogen (secondary N) is 1. The van der Waals surface area contributed by atoms with E-state index < -0.39 is 0 Å². The second kappa shape index (κ2) is 10.1. The van der Waals surface area contributed by atoms with E-state index in [1.807, 2.05) is 30.5 Å². The zero-order valence-corrected chi connectivity index (χ0v) is 20.0. The molecule has 1 amide bonds. The van der Waals surface area contributed by atoms with Gasteiger partial charge in [0.2, 0.25) is 5.82 Å². The number of nitrogens with zero attached hydrogens (tertiary/aromatic N) is 7. The Morgan fingerprint density at radius 3 is 2.89 bits per heavy atom. The molecule has 5 rings (SSSR count). The molecule has 4 heterocycles. The summed E-state index contributed by atoms with van der Waals surface area (Å²) in [5.41, 5.74) is 4.17. The van der Waals surface area contributed by atoms with Crippen LogP contribution in [0.5, 0.6) is 5.75 Å². The van der Waals surface area contributed by atoms with E-state index in [0.717, 1.165) is 29.8 Å². The molecule has 1 aromatic carbocycles. The van der Waals surface area contributed by atoms with E-state index >= 15 is 0 Å². The van der Waals surface area contributed by atoms with E-state index in [2.05, 4.69) is 35.7 Å². The van der Waals surface area contributed by atoms with E-state index in [9.17, 15) is 9.90 Å². The van der Waals surface area contributed by atoms with E-state index in [0.29, 0.717) is 35.2 Å². The maximum atomic E-state index is 13.3. The van der Waals surface area contributed by atoms with Crippen molar-refractivity contribution < 1.29 is 14.6 Å². The molecule has 0 fully saturated rings. The number of tetrazole rings is 1. The van der Waals surface area contributed by atoms with Crippen molar-refractivity contribution in [2.24, 2.45) is 0 Å². The molecule has 36 heavy (non-hydrogen) atoms. The van der Waals surface area contributed by atoms with Gasteiger partial charge in [-0.3, -0.25) is 9.78 Å². The van der Waals surface area contributed by atoms with Gasteiger partial charge >= 0.3 is 0 Å². The van der Waals surface area contributed by atoms with Crippen molar-refractivity contribution in [2.45, 2.75) is 25.9 Å². The molecule has 1 atom stereocenters. The van der Waals surface area contributed by atoms with Gasteiger partial charge in [-0.2, -0.15) is 0 Å². The number of rotatable bonds is 7. The highest BCUT2D eigenvalue weighted by atomic mass is 16.5. The summed E-state index contributed by atoms with van der Waals surface area (Å²) >= 11 is 0. The predicted molar refractivity (Wildman–Crippen MR) is 133 cm³/mol. The smallest absolute Gasteiger partial charge is 0.260 e. The van der Waals surface area contributed by atoms with Gasteiger partial charge < -0.3 is 20.1 Å². The maximum Gasteiger partial charge on any atom is 0.260 e. The van der Waals surface area contributed by atoms with Gasteiger partial charge in [0.05, 0.1) is 37.2 Å². The Bertz CT molecular complexity index is 1370. The molecular formula is C25H26N8O3. The molecular weight excluding hydrogens is 460 g/mol. The second-order valence-corrected chi connectivity index (χ2v) is 8.54. The van der Waals surface area contributed by atoms with Crippen molar-refractivity contribution >= 4 is 17.4 Å². The Hall–Kier alpha value is -4.38. The third-order valence-electron chi connectivity index (χ3n) is 6.18. The number of benzene rings is 1. The number of carbonyl (C=O) groups is 1. The molecule has 11 nitrogen and oxygen atoms in total. The van der Waals surface area contributed by atoms with Crippen molar-refractivity contribution in [1.29, 1.82) is 0 Å². The Morgan fingerprint density at radius 2 is 2.11 bits per heavy atom. The minimum atomic E-state index is -0.332. The lowest BCUT2D eigenvalue weighted by atomic mass is 9.96. The molecule has 1 aliphatic rings. The monoisotopic (exact) mass is 486 g/mol. The molecule has 0 unspecified atom stereocenters. The number of aliphatic hydroxyl groups is 1. The summed E-state index contributed by atoms with van der Waals surface area (Å²) in [6.45, 7) is 3.21. The quantitative estimate of drug-likeness (QED) is 0.404. The third kappa shape index (κ3) is 4.60. The van der Waals surface area contributed by atoms with Gasteiger partial charge in [-0.25, -0.2) is 9.67 Å². The first kappa shape index (κ1) is 23.4. The fourth-order valence-corrected chi connectivity index (χ4v) is 4.24. The minimum Gasteiger partial charge on any atom is -0.496 e. The average Bonchev–Trinajstić information content (AvgIpc) is 3.42. The van der Waals surface area contributed by atoms with Crippen molar-refractivity contribution in [2.75, 3.05) is 30.5 Å². The summed E-state index contributed by atoms with van der Waals surface area (Å²) in [6, 6.07) is 12.7. The average molecular weight is 487 g/mol. The number of amides is 1. The summed E-state index contributed by atoms with van der Waals surface area (Å²) in [4.78, 5) is 24.3. The van der Waals surface area contributed by atoms with Crippen LogP contribution in [0.25, 0.3) is 11.5 Å². The third-order valence-corrected chi connectivity index (χ3v) is 6.18. The number of aliphatic hydroxyl groups excluding tert-OH is 1. The number of carbonyl (C=O) groups excluding carboxylic acids is 1. The predicted octanol–water partition coefficient (Wildman–Crippen LogP) is 2.51. The van der Waals surface area contributed by atoms with Crippen LogP contribution in [0.2, 0.25) is 0 Å². The highest BCUT2D eigenvalue weighted by molar-refractivity contribution is 6.06. The fraction of sp³-hybridized carbons (Fsp3) is 0.280. The van der Waals surface area contributed by atoms with Gasteiger partial charge in [0.1, 0.15) is 17.3 Å².